The zero-order valence-corrected chi connectivity index (χ0v) is 16.6. The van der Waals surface area contributed by atoms with E-state index in [1.807, 2.05) is 30.3 Å². The first-order valence-electron chi connectivity index (χ1n) is 9.23. The molecule has 1 aromatic heterocycles. The summed E-state index contributed by atoms with van der Waals surface area (Å²) in [7, 11) is 4.86. The first-order valence-corrected chi connectivity index (χ1v) is 9.23. The molecule has 0 saturated carbocycles. The molecule has 0 saturated heterocycles. The zero-order chi connectivity index (χ0) is 20.5. The maximum Gasteiger partial charge on any atom is 0.142 e. The summed E-state index contributed by atoms with van der Waals surface area (Å²) < 4.78 is 16.3. The minimum Gasteiger partial charge on any atom is -0.497 e. The van der Waals surface area contributed by atoms with E-state index in [-0.39, 0.29) is 5.82 Å². The number of fused-ring (bicyclic) bond motifs is 3. The molecule has 6 heteroatoms. The SMILES string of the molecule is COc1ccc2c(c1)CCc1c-2nc(N)c(C#N)c1-c1ccc(OC)cc1OC. The smallest absolute Gasteiger partial charge is 0.142 e. The zero-order valence-electron chi connectivity index (χ0n) is 16.6. The summed E-state index contributed by atoms with van der Waals surface area (Å²) in [6.07, 6.45) is 1.56. The average Bonchev–Trinajstić information content (AvgIpc) is 2.77. The van der Waals surface area contributed by atoms with Crippen molar-refractivity contribution in [2.75, 3.05) is 27.1 Å². The van der Waals surface area contributed by atoms with Crippen LogP contribution in [-0.2, 0) is 12.8 Å². The molecule has 4 rings (SSSR count). The van der Waals surface area contributed by atoms with Crippen LogP contribution in [0.15, 0.2) is 36.4 Å². The van der Waals surface area contributed by atoms with Crippen molar-refractivity contribution in [3.8, 4) is 45.7 Å². The minimum absolute atomic E-state index is 0.211. The summed E-state index contributed by atoms with van der Waals surface area (Å²) in [6, 6.07) is 13.7. The second-order valence-corrected chi connectivity index (χ2v) is 6.78. The lowest BCUT2D eigenvalue weighted by Gasteiger charge is -2.24. The number of benzene rings is 2. The molecule has 1 aliphatic carbocycles. The van der Waals surface area contributed by atoms with Crippen LogP contribution >= 0.6 is 0 Å². The third kappa shape index (κ3) is 3.01. The highest BCUT2D eigenvalue weighted by atomic mass is 16.5. The lowest BCUT2D eigenvalue weighted by molar-refractivity contribution is 0.395. The average molecular weight is 387 g/mol. The van der Waals surface area contributed by atoms with Crippen LogP contribution in [-0.4, -0.2) is 26.3 Å². The summed E-state index contributed by atoms with van der Waals surface area (Å²) in [5.74, 6) is 2.32. The minimum atomic E-state index is 0.211. The van der Waals surface area contributed by atoms with Crippen molar-refractivity contribution < 1.29 is 14.2 Å². The number of nitriles is 1. The van der Waals surface area contributed by atoms with Gasteiger partial charge in [0.25, 0.3) is 0 Å². The Bertz CT molecular complexity index is 1150. The van der Waals surface area contributed by atoms with Gasteiger partial charge in [-0.1, -0.05) is 0 Å². The van der Waals surface area contributed by atoms with Crippen LogP contribution in [0.2, 0.25) is 0 Å². The molecule has 29 heavy (non-hydrogen) atoms. The van der Waals surface area contributed by atoms with Gasteiger partial charge < -0.3 is 19.9 Å². The Morgan fingerprint density at radius 2 is 1.62 bits per heavy atom. The Labute approximate surface area is 169 Å². The molecule has 1 heterocycles. The van der Waals surface area contributed by atoms with E-state index in [4.69, 9.17) is 19.9 Å². The highest BCUT2D eigenvalue weighted by Gasteiger charge is 2.27. The van der Waals surface area contributed by atoms with Gasteiger partial charge in [0, 0.05) is 22.8 Å². The van der Waals surface area contributed by atoms with E-state index in [0.717, 1.165) is 52.1 Å². The Morgan fingerprint density at radius 1 is 0.931 bits per heavy atom. The number of nitrogen functional groups attached to an aromatic ring is 1. The summed E-state index contributed by atoms with van der Waals surface area (Å²) in [6.45, 7) is 0. The Balaban J connectivity index is 2.02. The number of rotatable bonds is 4. The lowest BCUT2D eigenvalue weighted by atomic mass is 9.83. The normalized spacial score (nSPS) is 11.8. The molecule has 3 aromatic rings. The van der Waals surface area contributed by atoms with Gasteiger partial charge in [-0.3, -0.25) is 0 Å². The van der Waals surface area contributed by atoms with Crippen molar-refractivity contribution in [1.82, 2.24) is 4.98 Å². The first-order chi connectivity index (χ1) is 14.1. The molecule has 0 bridgehead atoms. The van der Waals surface area contributed by atoms with Gasteiger partial charge in [0.15, 0.2) is 0 Å². The highest BCUT2D eigenvalue weighted by molar-refractivity contribution is 5.88. The molecule has 1 aliphatic rings. The number of pyridine rings is 1. The molecule has 2 N–H and O–H groups in total. The topological polar surface area (TPSA) is 90.4 Å². The molecule has 0 atom stereocenters. The van der Waals surface area contributed by atoms with Crippen LogP contribution in [0.5, 0.6) is 17.2 Å². The van der Waals surface area contributed by atoms with Crippen LogP contribution in [0.4, 0.5) is 5.82 Å². The number of ether oxygens (including phenoxy) is 3. The molecule has 146 valence electrons. The van der Waals surface area contributed by atoms with Crippen molar-refractivity contribution in [2.24, 2.45) is 0 Å². The van der Waals surface area contributed by atoms with Gasteiger partial charge in [-0.05, 0) is 54.3 Å². The number of nitrogens with zero attached hydrogens (tertiary/aromatic N) is 2. The van der Waals surface area contributed by atoms with Crippen LogP contribution in [0.1, 0.15) is 16.7 Å². The molecule has 0 spiro atoms. The summed E-state index contributed by atoms with van der Waals surface area (Å²) in [5.41, 5.74) is 12.1. The third-order valence-corrected chi connectivity index (χ3v) is 5.33. The molecular weight excluding hydrogens is 366 g/mol. The molecule has 0 unspecified atom stereocenters. The quantitative estimate of drug-likeness (QED) is 0.728. The second kappa shape index (κ2) is 7.36. The lowest BCUT2D eigenvalue weighted by Crippen LogP contribution is -2.12. The van der Waals surface area contributed by atoms with Crippen LogP contribution in [0, 0.1) is 11.3 Å². The Kier molecular flexibility index (Phi) is 4.73. The number of aromatic nitrogens is 1. The largest absolute Gasteiger partial charge is 0.497 e. The van der Waals surface area contributed by atoms with E-state index < -0.39 is 0 Å². The van der Waals surface area contributed by atoms with Crippen molar-refractivity contribution in [2.45, 2.75) is 12.8 Å². The summed E-state index contributed by atoms with van der Waals surface area (Å²) in [5, 5.41) is 9.84. The number of anilines is 1. The number of hydrogen-bond donors (Lipinski definition) is 1. The van der Waals surface area contributed by atoms with Gasteiger partial charge in [0.05, 0.1) is 27.0 Å². The second-order valence-electron chi connectivity index (χ2n) is 6.78. The molecule has 0 fully saturated rings. The fraction of sp³-hybridized carbons (Fsp3) is 0.217. The van der Waals surface area contributed by atoms with Gasteiger partial charge in [-0.2, -0.15) is 5.26 Å². The molecular formula is C23H21N3O3. The Morgan fingerprint density at radius 3 is 2.28 bits per heavy atom. The molecule has 0 aliphatic heterocycles. The van der Waals surface area contributed by atoms with E-state index in [0.29, 0.717) is 17.1 Å². The fourth-order valence-electron chi connectivity index (χ4n) is 3.92. The predicted octanol–water partition coefficient (Wildman–Crippen LogP) is 3.99. The standard InChI is InChI=1S/C23H21N3O3/c1-27-14-5-8-16-13(10-14)4-7-18-21(19(12-24)23(25)26-22(16)18)17-9-6-15(28-2)11-20(17)29-3/h5-6,8-11H,4,7H2,1-3H3,(H2,25,26). The van der Waals surface area contributed by atoms with Crippen molar-refractivity contribution in [3.63, 3.8) is 0 Å². The van der Waals surface area contributed by atoms with Crippen molar-refractivity contribution >= 4 is 5.82 Å². The number of nitrogens with two attached hydrogens (primary N) is 1. The molecule has 6 nitrogen and oxygen atoms in total. The number of aryl methyl sites for hydroxylation is 1. The van der Waals surface area contributed by atoms with Crippen LogP contribution in [0.3, 0.4) is 0 Å². The van der Waals surface area contributed by atoms with E-state index >= 15 is 0 Å². The van der Waals surface area contributed by atoms with Gasteiger partial charge in [0.2, 0.25) is 0 Å². The molecule has 0 radical (unpaired) electrons. The molecule has 2 aromatic carbocycles. The van der Waals surface area contributed by atoms with Gasteiger partial charge in [-0.25, -0.2) is 4.98 Å². The van der Waals surface area contributed by atoms with E-state index in [2.05, 4.69) is 11.1 Å². The van der Waals surface area contributed by atoms with E-state index in [9.17, 15) is 5.26 Å². The van der Waals surface area contributed by atoms with Gasteiger partial charge in [-0.15, -0.1) is 0 Å². The van der Waals surface area contributed by atoms with E-state index in [1.165, 1.54) is 0 Å². The molecule has 0 amide bonds. The fourth-order valence-corrected chi connectivity index (χ4v) is 3.92. The predicted molar refractivity (Wildman–Crippen MR) is 111 cm³/mol. The Hall–Kier alpha value is -3.72. The van der Waals surface area contributed by atoms with Crippen molar-refractivity contribution in [3.05, 3.63) is 53.1 Å². The van der Waals surface area contributed by atoms with Gasteiger partial charge >= 0.3 is 0 Å². The maximum atomic E-state index is 9.84. The highest BCUT2D eigenvalue weighted by Crippen LogP contribution is 2.44. The van der Waals surface area contributed by atoms with Gasteiger partial charge in [0.1, 0.15) is 34.7 Å². The van der Waals surface area contributed by atoms with E-state index in [1.54, 1.807) is 27.4 Å². The van der Waals surface area contributed by atoms with Crippen molar-refractivity contribution in [1.29, 1.82) is 5.26 Å². The number of hydrogen-bond acceptors (Lipinski definition) is 6. The summed E-state index contributed by atoms with van der Waals surface area (Å²) >= 11 is 0. The maximum absolute atomic E-state index is 9.84. The first kappa shape index (κ1) is 18.6. The van der Waals surface area contributed by atoms with Crippen LogP contribution in [0.25, 0.3) is 22.4 Å². The number of methoxy groups -OCH3 is 3. The van der Waals surface area contributed by atoms with Crippen LogP contribution < -0.4 is 19.9 Å². The third-order valence-electron chi connectivity index (χ3n) is 5.33. The monoisotopic (exact) mass is 387 g/mol. The summed E-state index contributed by atoms with van der Waals surface area (Å²) in [4.78, 5) is 4.61.